The van der Waals surface area contributed by atoms with Gasteiger partial charge in [-0.3, -0.25) is 0 Å². The average Bonchev–Trinajstić information content (AvgIpc) is 2.72. The smallest absolute Gasteiger partial charge is 0.331 e. The molecule has 0 aromatic carbocycles. The van der Waals surface area contributed by atoms with Gasteiger partial charge in [0, 0.05) is 6.08 Å². The highest BCUT2D eigenvalue weighted by Crippen LogP contribution is 2.23. The fraction of sp³-hybridized carbons (Fsp3) is 0.286. The van der Waals surface area contributed by atoms with Gasteiger partial charge < -0.3 is 4.74 Å². The third kappa shape index (κ3) is 3.93. The summed E-state index contributed by atoms with van der Waals surface area (Å²) in [6, 6.07) is 0. The quantitative estimate of drug-likeness (QED) is 0.358. The van der Waals surface area contributed by atoms with Gasteiger partial charge in [0.2, 0.25) is 0 Å². The summed E-state index contributed by atoms with van der Waals surface area (Å²) in [5.41, 5.74) is 0. The van der Waals surface area contributed by atoms with Gasteiger partial charge in [0.15, 0.2) is 7.28 Å². The minimum Gasteiger partial charge on any atom is -0.463 e. The number of hydrogen-bond donors (Lipinski definition) is 0. The SMILES string of the molecule is CCOC(=O)C=CSC1=C[B]1. The molecular formula is C7H8BO2S. The molecule has 0 N–H and O–H groups in total. The second kappa shape index (κ2) is 4.29. The monoisotopic (exact) mass is 167 g/mol. The van der Waals surface area contributed by atoms with Crippen LogP contribution < -0.4 is 0 Å². The number of thioether (sulfide) groups is 1. The lowest BCUT2D eigenvalue weighted by molar-refractivity contribution is -0.137. The molecule has 0 saturated heterocycles. The zero-order valence-electron chi connectivity index (χ0n) is 6.24. The van der Waals surface area contributed by atoms with Gasteiger partial charge in [-0.1, -0.05) is 4.80 Å². The van der Waals surface area contributed by atoms with Crippen LogP contribution in [0.3, 0.4) is 0 Å². The molecule has 57 valence electrons. The minimum absolute atomic E-state index is 0.277. The van der Waals surface area contributed by atoms with Crippen molar-refractivity contribution >= 4 is 25.0 Å². The molecule has 0 aromatic rings. The van der Waals surface area contributed by atoms with Crippen LogP contribution in [0.25, 0.3) is 0 Å². The lowest BCUT2D eigenvalue weighted by atomic mass is 10.1. The van der Waals surface area contributed by atoms with Gasteiger partial charge in [-0.25, -0.2) is 4.79 Å². The molecule has 0 aliphatic carbocycles. The molecule has 0 aromatic heterocycles. The van der Waals surface area contributed by atoms with Crippen LogP contribution in [0.15, 0.2) is 22.3 Å². The molecule has 4 heteroatoms. The van der Waals surface area contributed by atoms with Crippen molar-refractivity contribution in [1.82, 2.24) is 0 Å². The molecule has 11 heavy (non-hydrogen) atoms. The van der Waals surface area contributed by atoms with Crippen LogP contribution in [-0.4, -0.2) is 19.9 Å². The normalized spacial score (nSPS) is 14.1. The van der Waals surface area contributed by atoms with Crippen molar-refractivity contribution in [2.45, 2.75) is 6.92 Å². The standard InChI is InChI=1S/C7H8BO2S/c1-2-10-7(9)3-4-11-6-5-8-6/h3-5H,2H2,1H3. The first-order valence-corrected chi connectivity index (χ1v) is 4.26. The first-order valence-electron chi connectivity index (χ1n) is 3.38. The van der Waals surface area contributed by atoms with E-state index in [1.807, 2.05) is 13.3 Å². The van der Waals surface area contributed by atoms with E-state index in [0.29, 0.717) is 6.61 Å². The van der Waals surface area contributed by atoms with Crippen molar-refractivity contribution in [1.29, 1.82) is 0 Å². The molecule has 1 rings (SSSR count). The third-order valence-electron chi connectivity index (χ3n) is 0.998. The molecule has 0 spiro atoms. The zero-order valence-corrected chi connectivity index (χ0v) is 7.06. The first-order chi connectivity index (χ1) is 5.33. The molecule has 1 aliphatic heterocycles. The van der Waals surface area contributed by atoms with Crippen LogP contribution in [-0.2, 0) is 9.53 Å². The summed E-state index contributed by atoms with van der Waals surface area (Å²) in [5.74, 6) is 1.71. The number of rotatable bonds is 4. The molecule has 0 fully saturated rings. The number of hydrogen-bond acceptors (Lipinski definition) is 3. The maximum absolute atomic E-state index is 10.7. The van der Waals surface area contributed by atoms with Gasteiger partial charge in [0.05, 0.1) is 6.61 Å². The summed E-state index contributed by atoms with van der Waals surface area (Å²) in [4.78, 5) is 11.9. The summed E-state index contributed by atoms with van der Waals surface area (Å²) in [5, 5.41) is 1.73. The Morgan fingerprint density at radius 2 is 2.64 bits per heavy atom. The van der Waals surface area contributed by atoms with Gasteiger partial charge in [-0.15, -0.1) is 17.7 Å². The van der Waals surface area contributed by atoms with Gasteiger partial charge in [-0.2, -0.15) is 0 Å². The second-order valence-electron chi connectivity index (χ2n) is 1.91. The Labute approximate surface area is 70.9 Å². The molecule has 2 nitrogen and oxygen atoms in total. The summed E-state index contributed by atoms with van der Waals surface area (Å²) >= 11 is 1.52. The molecule has 1 aliphatic rings. The Morgan fingerprint density at radius 3 is 3.18 bits per heavy atom. The maximum Gasteiger partial charge on any atom is 0.331 e. The van der Waals surface area contributed by atoms with Crippen LogP contribution in [0.5, 0.6) is 0 Å². The highest BCUT2D eigenvalue weighted by atomic mass is 32.2. The van der Waals surface area contributed by atoms with E-state index >= 15 is 0 Å². The molecule has 0 atom stereocenters. The molecule has 1 radical (unpaired) electrons. The predicted octanol–water partition coefficient (Wildman–Crippen LogP) is 1.31. The van der Waals surface area contributed by atoms with Crippen LogP contribution in [0.1, 0.15) is 6.92 Å². The van der Waals surface area contributed by atoms with Crippen molar-refractivity contribution in [3.63, 3.8) is 0 Å². The second-order valence-corrected chi connectivity index (χ2v) is 2.89. The number of carbonyl (C=O) groups excluding carboxylic acids is 1. The van der Waals surface area contributed by atoms with Crippen LogP contribution >= 0.6 is 11.8 Å². The summed E-state index contributed by atoms with van der Waals surface area (Å²) in [6.07, 6.45) is 1.43. The average molecular weight is 167 g/mol. The van der Waals surface area contributed by atoms with Gasteiger partial charge >= 0.3 is 5.97 Å². The highest BCUT2D eigenvalue weighted by molar-refractivity contribution is 8.08. The molecule has 0 unspecified atom stereocenters. The Balaban J connectivity index is 2.11. The number of esters is 1. The minimum atomic E-state index is -0.277. The van der Waals surface area contributed by atoms with Crippen LogP contribution in [0.2, 0.25) is 0 Å². The van der Waals surface area contributed by atoms with Crippen molar-refractivity contribution in [2.24, 2.45) is 0 Å². The summed E-state index contributed by atoms with van der Waals surface area (Å²) < 4.78 is 4.68. The Kier molecular flexibility index (Phi) is 3.30. The van der Waals surface area contributed by atoms with E-state index in [4.69, 9.17) is 0 Å². The maximum atomic E-state index is 10.7. The van der Waals surface area contributed by atoms with E-state index in [1.165, 1.54) is 22.6 Å². The van der Waals surface area contributed by atoms with Crippen LogP contribution in [0.4, 0.5) is 0 Å². The van der Waals surface area contributed by atoms with Crippen molar-refractivity contribution < 1.29 is 9.53 Å². The van der Waals surface area contributed by atoms with E-state index in [2.05, 4.69) is 4.74 Å². The topological polar surface area (TPSA) is 26.3 Å². The van der Waals surface area contributed by atoms with Crippen LogP contribution in [0, 0.1) is 0 Å². The predicted molar refractivity (Wildman–Crippen MR) is 47.2 cm³/mol. The van der Waals surface area contributed by atoms with Gasteiger partial charge in [0.1, 0.15) is 0 Å². The summed E-state index contributed by atoms with van der Waals surface area (Å²) in [6.45, 7) is 2.22. The number of ether oxygens (including phenoxy) is 1. The first kappa shape index (κ1) is 8.46. The molecule has 1 heterocycles. The fourth-order valence-corrected chi connectivity index (χ4v) is 1.03. The molecule has 0 amide bonds. The van der Waals surface area contributed by atoms with E-state index in [1.54, 1.807) is 12.3 Å². The lowest BCUT2D eigenvalue weighted by Crippen LogP contribution is -1.98. The van der Waals surface area contributed by atoms with Crippen molar-refractivity contribution in [2.75, 3.05) is 6.61 Å². The van der Waals surface area contributed by atoms with Crippen molar-refractivity contribution in [3.8, 4) is 0 Å². The van der Waals surface area contributed by atoms with E-state index in [9.17, 15) is 4.79 Å². The molecule has 0 bridgehead atoms. The van der Waals surface area contributed by atoms with Gasteiger partial charge in [0.25, 0.3) is 0 Å². The molecule has 0 saturated carbocycles. The van der Waals surface area contributed by atoms with E-state index in [0.717, 1.165) is 0 Å². The third-order valence-corrected chi connectivity index (χ3v) is 1.81. The zero-order chi connectivity index (χ0) is 8.10. The lowest BCUT2D eigenvalue weighted by Gasteiger charge is -1.92. The largest absolute Gasteiger partial charge is 0.463 e. The fourth-order valence-electron chi connectivity index (χ4n) is 0.471. The van der Waals surface area contributed by atoms with E-state index < -0.39 is 0 Å². The Morgan fingerprint density at radius 1 is 1.91 bits per heavy atom. The van der Waals surface area contributed by atoms with Crippen molar-refractivity contribution in [3.05, 3.63) is 22.3 Å². The Bertz CT molecular complexity index is 210. The summed E-state index contributed by atoms with van der Waals surface area (Å²) in [7, 11) is 1.99. The van der Waals surface area contributed by atoms with Gasteiger partial charge in [-0.05, 0) is 12.3 Å². The number of carbonyl (C=O) groups is 1. The van der Waals surface area contributed by atoms with E-state index in [-0.39, 0.29) is 5.97 Å². The Hall–Kier alpha value is -0.635. The molecular weight excluding hydrogens is 159 g/mol. The highest BCUT2D eigenvalue weighted by Gasteiger charge is 2.06.